The third-order valence-electron chi connectivity index (χ3n) is 3.17. The molecule has 5 nitrogen and oxygen atoms in total. The van der Waals surface area contributed by atoms with E-state index in [1.165, 1.54) is 0 Å². The van der Waals surface area contributed by atoms with E-state index < -0.39 is 17.5 Å². The third kappa shape index (κ3) is 3.07. The number of fused-ring (bicyclic) bond motifs is 1. The molecule has 0 aliphatic rings. The van der Waals surface area contributed by atoms with Gasteiger partial charge in [0, 0.05) is 23.6 Å². The Bertz CT molecular complexity index is 707. The van der Waals surface area contributed by atoms with Crippen LogP contribution in [0.4, 0.5) is 0 Å². The van der Waals surface area contributed by atoms with Gasteiger partial charge in [0.1, 0.15) is 5.60 Å². The van der Waals surface area contributed by atoms with Crippen molar-refractivity contribution in [3.63, 3.8) is 0 Å². The van der Waals surface area contributed by atoms with Crippen molar-refractivity contribution >= 4 is 22.8 Å². The fourth-order valence-corrected chi connectivity index (χ4v) is 2.41. The molecular formula is C16H19NO4. The van der Waals surface area contributed by atoms with Crippen molar-refractivity contribution in [3.8, 4) is 0 Å². The Kier molecular flexibility index (Phi) is 3.77. The fraction of sp³-hybridized carbons (Fsp3) is 0.375. The Morgan fingerprint density at radius 3 is 2.43 bits per heavy atom. The number of aromatic nitrogens is 1. The van der Waals surface area contributed by atoms with E-state index in [0.29, 0.717) is 11.1 Å². The first-order chi connectivity index (χ1) is 9.70. The van der Waals surface area contributed by atoms with E-state index in [1.54, 1.807) is 44.5 Å². The lowest BCUT2D eigenvalue weighted by atomic mass is 10.1. The lowest BCUT2D eigenvalue weighted by Crippen LogP contribution is -2.26. The highest BCUT2D eigenvalue weighted by Crippen LogP contribution is 2.26. The lowest BCUT2D eigenvalue weighted by molar-refractivity contribution is -0.154. The van der Waals surface area contributed by atoms with Gasteiger partial charge in [0.25, 0.3) is 0 Å². The largest absolute Gasteiger partial charge is 0.478 e. The van der Waals surface area contributed by atoms with E-state index in [1.807, 2.05) is 12.1 Å². The minimum atomic E-state index is -1.04. The number of esters is 1. The molecule has 2 rings (SSSR count). The van der Waals surface area contributed by atoms with Crippen molar-refractivity contribution in [3.05, 3.63) is 35.5 Å². The van der Waals surface area contributed by atoms with Gasteiger partial charge in [-0.25, -0.2) is 4.79 Å². The summed E-state index contributed by atoms with van der Waals surface area (Å²) in [6.07, 6.45) is -0.0654. The van der Waals surface area contributed by atoms with Crippen LogP contribution in [0.15, 0.2) is 24.3 Å². The molecule has 0 aliphatic heterocycles. The molecule has 1 aromatic heterocycles. The third-order valence-corrected chi connectivity index (χ3v) is 3.17. The summed E-state index contributed by atoms with van der Waals surface area (Å²) in [6, 6.07) is 7.20. The molecule has 0 atom stereocenters. The number of benzene rings is 1. The van der Waals surface area contributed by atoms with E-state index >= 15 is 0 Å². The Labute approximate surface area is 123 Å². The zero-order valence-electron chi connectivity index (χ0n) is 12.6. The summed E-state index contributed by atoms with van der Waals surface area (Å²) < 4.78 is 7.02. The fourth-order valence-electron chi connectivity index (χ4n) is 2.41. The molecule has 2 aromatic rings. The maximum atomic E-state index is 12.0. The predicted molar refractivity (Wildman–Crippen MR) is 79.4 cm³/mol. The van der Waals surface area contributed by atoms with Gasteiger partial charge in [-0.2, -0.15) is 0 Å². The topological polar surface area (TPSA) is 68.5 Å². The van der Waals surface area contributed by atoms with Crippen LogP contribution in [0.2, 0.25) is 0 Å². The Morgan fingerprint density at radius 1 is 1.24 bits per heavy atom. The van der Waals surface area contributed by atoms with Gasteiger partial charge in [0.15, 0.2) is 0 Å². The monoisotopic (exact) mass is 289 g/mol. The summed E-state index contributed by atoms with van der Waals surface area (Å²) in [6.45, 7) is 5.35. The van der Waals surface area contributed by atoms with Crippen LogP contribution >= 0.6 is 0 Å². The van der Waals surface area contributed by atoms with Crippen LogP contribution in [-0.4, -0.2) is 27.2 Å². The van der Waals surface area contributed by atoms with Crippen LogP contribution in [0.25, 0.3) is 10.9 Å². The van der Waals surface area contributed by atoms with E-state index in [0.717, 1.165) is 5.52 Å². The molecule has 0 saturated carbocycles. The van der Waals surface area contributed by atoms with Crippen molar-refractivity contribution in [1.82, 2.24) is 4.57 Å². The Hall–Kier alpha value is -2.30. The number of para-hydroxylation sites is 1. The highest BCUT2D eigenvalue weighted by molar-refractivity contribution is 6.05. The average Bonchev–Trinajstić information content (AvgIpc) is 2.61. The van der Waals surface area contributed by atoms with Crippen LogP contribution in [0.5, 0.6) is 0 Å². The molecule has 0 amide bonds. The number of carbonyl (C=O) groups excluding carboxylic acids is 1. The molecule has 0 aliphatic carbocycles. The van der Waals surface area contributed by atoms with Crippen LogP contribution in [0.3, 0.4) is 0 Å². The van der Waals surface area contributed by atoms with E-state index in [2.05, 4.69) is 0 Å². The van der Waals surface area contributed by atoms with Crippen molar-refractivity contribution in [2.45, 2.75) is 32.8 Å². The molecule has 0 radical (unpaired) electrons. The van der Waals surface area contributed by atoms with Gasteiger partial charge in [-0.1, -0.05) is 18.2 Å². The number of nitrogens with zero attached hydrogens (tertiary/aromatic N) is 1. The molecule has 1 heterocycles. The molecule has 0 fully saturated rings. The van der Waals surface area contributed by atoms with Gasteiger partial charge < -0.3 is 14.4 Å². The quantitative estimate of drug-likeness (QED) is 0.882. The molecule has 21 heavy (non-hydrogen) atoms. The summed E-state index contributed by atoms with van der Waals surface area (Å²) in [4.78, 5) is 23.6. The number of ether oxygens (including phenoxy) is 1. The molecular weight excluding hydrogens is 270 g/mol. The number of aryl methyl sites for hydroxylation is 1. The van der Waals surface area contributed by atoms with Gasteiger partial charge >= 0.3 is 11.9 Å². The highest BCUT2D eigenvalue weighted by atomic mass is 16.6. The second-order valence-electron chi connectivity index (χ2n) is 5.97. The number of rotatable bonds is 3. The maximum Gasteiger partial charge on any atom is 0.338 e. The number of hydrogen-bond acceptors (Lipinski definition) is 3. The first-order valence-electron chi connectivity index (χ1n) is 6.72. The van der Waals surface area contributed by atoms with Crippen molar-refractivity contribution in [1.29, 1.82) is 0 Å². The van der Waals surface area contributed by atoms with Crippen molar-refractivity contribution in [2.24, 2.45) is 7.05 Å². The number of carboxylic acids is 1. The molecule has 0 spiro atoms. The number of aromatic carboxylic acids is 1. The lowest BCUT2D eigenvalue weighted by Gasteiger charge is -2.19. The summed E-state index contributed by atoms with van der Waals surface area (Å²) in [5.41, 5.74) is 0.816. The predicted octanol–water partition coefficient (Wildman–Crippen LogP) is 2.76. The van der Waals surface area contributed by atoms with Crippen LogP contribution < -0.4 is 0 Å². The van der Waals surface area contributed by atoms with E-state index in [-0.39, 0.29) is 12.0 Å². The molecule has 112 valence electrons. The molecule has 1 aromatic carbocycles. The molecule has 5 heteroatoms. The first kappa shape index (κ1) is 15.1. The van der Waals surface area contributed by atoms with Crippen LogP contribution in [0.1, 0.15) is 36.8 Å². The average molecular weight is 289 g/mol. The number of hydrogen-bond donors (Lipinski definition) is 1. The minimum absolute atomic E-state index is 0.0654. The van der Waals surface area contributed by atoms with Crippen molar-refractivity contribution in [2.75, 3.05) is 0 Å². The van der Waals surface area contributed by atoms with Gasteiger partial charge in [-0.15, -0.1) is 0 Å². The van der Waals surface area contributed by atoms with E-state index in [4.69, 9.17) is 4.74 Å². The van der Waals surface area contributed by atoms with Crippen LogP contribution in [-0.2, 0) is 23.0 Å². The molecule has 1 N–H and O–H groups in total. The maximum absolute atomic E-state index is 12.0. The van der Waals surface area contributed by atoms with Gasteiger partial charge in [-0.3, -0.25) is 4.79 Å². The minimum Gasteiger partial charge on any atom is -0.478 e. The zero-order valence-corrected chi connectivity index (χ0v) is 12.6. The number of carbonyl (C=O) groups is 2. The summed E-state index contributed by atoms with van der Waals surface area (Å²) >= 11 is 0. The van der Waals surface area contributed by atoms with E-state index in [9.17, 15) is 14.7 Å². The normalized spacial score (nSPS) is 11.6. The first-order valence-corrected chi connectivity index (χ1v) is 6.72. The van der Waals surface area contributed by atoms with Crippen molar-refractivity contribution < 1.29 is 19.4 Å². The zero-order chi connectivity index (χ0) is 15.8. The Balaban J connectivity index is 2.48. The van der Waals surface area contributed by atoms with Crippen LogP contribution in [0, 0.1) is 0 Å². The summed E-state index contributed by atoms with van der Waals surface area (Å²) in [5.74, 6) is -1.47. The SMILES string of the molecule is Cn1c(CC(=O)OC(C)(C)C)c(C(=O)O)c2ccccc21. The smallest absolute Gasteiger partial charge is 0.338 e. The molecule has 0 saturated heterocycles. The van der Waals surface area contributed by atoms with Gasteiger partial charge in [-0.05, 0) is 26.8 Å². The number of carboxylic acid groups (broad SMARTS) is 1. The second kappa shape index (κ2) is 5.24. The summed E-state index contributed by atoms with van der Waals surface area (Å²) in [5, 5.41) is 10.1. The Morgan fingerprint density at radius 2 is 1.86 bits per heavy atom. The van der Waals surface area contributed by atoms with Gasteiger partial charge in [0.05, 0.1) is 12.0 Å². The van der Waals surface area contributed by atoms with Gasteiger partial charge in [0.2, 0.25) is 0 Å². The summed E-state index contributed by atoms with van der Waals surface area (Å²) in [7, 11) is 1.76. The molecule has 0 bridgehead atoms. The second-order valence-corrected chi connectivity index (χ2v) is 5.97. The highest BCUT2D eigenvalue weighted by Gasteiger charge is 2.24. The molecule has 0 unspecified atom stereocenters. The standard InChI is InChI=1S/C16H19NO4/c1-16(2,3)21-13(18)9-12-14(15(19)20)10-7-5-6-8-11(10)17(12)4/h5-8H,9H2,1-4H3,(H,19,20).